The Balaban J connectivity index is 1.81. The minimum absolute atomic E-state index is 0.444. The zero-order valence-electron chi connectivity index (χ0n) is 9.98. The number of hydrogen-bond donors (Lipinski definition) is 0. The molecule has 2 rings (SSSR count). The van der Waals surface area contributed by atoms with Crippen molar-refractivity contribution in [1.82, 2.24) is 15.1 Å². The summed E-state index contributed by atoms with van der Waals surface area (Å²) in [6.07, 6.45) is 2.21. The van der Waals surface area contributed by atoms with Crippen molar-refractivity contribution in [3.05, 3.63) is 11.8 Å². The lowest BCUT2D eigenvalue weighted by Crippen LogP contribution is -2.35. The number of nitrogens with zero attached hydrogens (tertiary/aromatic N) is 3. The van der Waals surface area contributed by atoms with E-state index >= 15 is 0 Å². The number of aryl methyl sites for hydroxylation is 1. The van der Waals surface area contributed by atoms with E-state index in [-0.39, 0.29) is 0 Å². The number of ether oxygens (including phenoxy) is 1. The van der Waals surface area contributed by atoms with E-state index in [4.69, 9.17) is 9.15 Å². The molecule has 5 nitrogen and oxygen atoms in total. The molecule has 0 amide bonds. The zero-order valence-corrected chi connectivity index (χ0v) is 9.98. The first-order valence-electron chi connectivity index (χ1n) is 5.81. The van der Waals surface area contributed by atoms with Gasteiger partial charge in [-0.1, -0.05) is 0 Å². The molecule has 5 heteroatoms. The summed E-state index contributed by atoms with van der Waals surface area (Å²) in [5.41, 5.74) is 0. The summed E-state index contributed by atoms with van der Waals surface area (Å²) in [6.45, 7) is 5.85. The second kappa shape index (κ2) is 5.41. The molecule has 0 saturated carbocycles. The first kappa shape index (κ1) is 11.5. The van der Waals surface area contributed by atoms with Crippen LogP contribution < -0.4 is 0 Å². The zero-order chi connectivity index (χ0) is 11.4. The number of piperidine rings is 1. The predicted octanol–water partition coefficient (Wildman–Crippen LogP) is 1.20. The molecule has 1 fully saturated rings. The fourth-order valence-electron chi connectivity index (χ4n) is 2.10. The van der Waals surface area contributed by atoms with Crippen molar-refractivity contribution >= 4 is 0 Å². The monoisotopic (exact) mass is 225 g/mol. The molecule has 1 aliphatic heterocycles. The van der Waals surface area contributed by atoms with E-state index in [0.717, 1.165) is 45.0 Å². The third kappa shape index (κ3) is 2.80. The lowest BCUT2D eigenvalue weighted by molar-refractivity contribution is 0.127. The summed E-state index contributed by atoms with van der Waals surface area (Å²) in [5, 5.41) is 7.98. The average molecular weight is 225 g/mol. The van der Waals surface area contributed by atoms with Gasteiger partial charge in [0.25, 0.3) is 0 Å². The number of aromatic nitrogens is 2. The van der Waals surface area contributed by atoms with Crippen LogP contribution in [0.1, 0.15) is 30.5 Å². The molecule has 0 aliphatic carbocycles. The van der Waals surface area contributed by atoms with Crippen molar-refractivity contribution in [2.75, 3.05) is 33.4 Å². The van der Waals surface area contributed by atoms with Crippen molar-refractivity contribution in [2.24, 2.45) is 0 Å². The Labute approximate surface area is 95.8 Å². The quantitative estimate of drug-likeness (QED) is 0.770. The SMILES string of the molecule is COCCN1CCC(c2nnc(C)o2)CC1. The number of methoxy groups -OCH3 is 1. The maximum Gasteiger partial charge on any atom is 0.219 e. The van der Waals surface area contributed by atoms with Gasteiger partial charge in [-0.25, -0.2) is 0 Å². The lowest BCUT2D eigenvalue weighted by Gasteiger charge is -2.29. The summed E-state index contributed by atoms with van der Waals surface area (Å²) in [4.78, 5) is 2.42. The molecule has 1 saturated heterocycles. The maximum absolute atomic E-state index is 5.47. The molecule has 16 heavy (non-hydrogen) atoms. The molecular formula is C11H19N3O2. The minimum atomic E-state index is 0.444. The standard InChI is InChI=1S/C11H19N3O2/c1-9-12-13-11(16-9)10-3-5-14(6-4-10)7-8-15-2/h10H,3-8H2,1-2H3. The van der Waals surface area contributed by atoms with Gasteiger partial charge in [0.2, 0.25) is 11.8 Å². The normalized spacial score (nSPS) is 19.1. The van der Waals surface area contributed by atoms with Crippen molar-refractivity contribution < 1.29 is 9.15 Å². The second-order valence-electron chi connectivity index (χ2n) is 4.27. The van der Waals surface area contributed by atoms with Gasteiger partial charge in [-0.15, -0.1) is 10.2 Å². The first-order chi connectivity index (χ1) is 7.79. The first-order valence-corrected chi connectivity index (χ1v) is 5.81. The Morgan fingerprint density at radius 2 is 2.12 bits per heavy atom. The van der Waals surface area contributed by atoms with E-state index in [0.29, 0.717) is 11.8 Å². The third-order valence-corrected chi connectivity index (χ3v) is 3.09. The highest BCUT2D eigenvalue weighted by atomic mass is 16.5. The number of rotatable bonds is 4. The van der Waals surface area contributed by atoms with Crippen LogP contribution in [0.15, 0.2) is 4.42 Å². The van der Waals surface area contributed by atoms with Crippen molar-refractivity contribution in [3.63, 3.8) is 0 Å². The topological polar surface area (TPSA) is 51.4 Å². The minimum Gasteiger partial charge on any atom is -0.425 e. The van der Waals surface area contributed by atoms with Crippen LogP contribution in [0.3, 0.4) is 0 Å². The predicted molar refractivity (Wildman–Crippen MR) is 59.3 cm³/mol. The fourth-order valence-corrected chi connectivity index (χ4v) is 2.10. The molecular weight excluding hydrogens is 206 g/mol. The molecule has 0 atom stereocenters. The van der Waals surface area contributed by atoms with Gasteiger partial charge >= 0.3 is 0 Å². The van der Waals surface area contributed by atoms with E-state index in [1.54, 1.807) is 7.11 Å². The molecule has 90 valence electrons. The molecule has 0 N–H and O–H groups in total. The van der Waals surface area contributed by atoms with Crippen LogP contribution in [0.5, 0.6) is 0 Å². The molecule has 1 aromatic rings. The maximum atomic E-state index is 5.47. The smallest absolute Gasteiger partial charge is 0.219 e. The molecule has 1 aliphatic rings. The highest BCUT2D eigenvalue weighted by molar-refractivity contribution is 4.93. The van der Waals surface area contributed by atoms with Gasteiger partial charge in [0.1, 0.15) is 0 Å². The summed E-state index contributed by atoms with van der Waals surface area (Å²) in [5.74, 6) is 1.92. The molecule has 0 radical (unpaired) electrons. The van der Waals surface area contributed by atoms with Crippen LogP contribution >= 0.6 is 0 Å². The molecule has 0 bridgehead atoms. The van der Waals surface area contributed by atoms with Crippen LogP contribution in [0.2, 0.25) is 0 Å². The van der Waals surface area contributed by atoms with Gasteiger partial charge in [-0.3, -0.25) is 0 Å². The van der Waals surface area contributed by atoms with Gasteiger partial charge in [0.15, 0.2) is 0 Å². The van der Waals surface area contributed by atoms with Gasteiger partial charge in [-0.05, 0) is 25.9 Å². The average Bonchev–Trinajstić information content (AvgIpc) is 2.74. The van der Waals surface area contributed by atoms with E-state index in [9.17, 15) is 0 Å². The van der Waals surface area contributed by atoms with Crippen LogP contribution in [-0.4, -0.2) is 48.4 Å². The van der Waals surface area contributed by atoms with E-state index in [2.05, 4.69) is 15.1 Å². The Hall–Kier alpha value is -0.940. The Morgan fingerprint density at radius 3 is 2.69 bits per heavy atom. The summed E-state index contributed by atoms with van der Waals surface area (Å²) in [7, 11) is 1.74. The number of likely N-dealkylation sites (tertiary alicyclic amines) is 1. The molecule has 0 unspecified atom stereocenters. The van der Waals surface area contributed by atoms with E-state index in [1.165, 1.54) is 0 Å². The summed E-state index contributed by atoms with van der Waals surface area (Å²) in [6, 6.07) is 0. The Kier molecular flexibility index (Phi) is 3.90. The second-order valence-corrected chi connectivity index (χ2v) is 4.27. The molecule has 0 spiro atoms. The largest absolute Gasteiger partial charge is 0.425 e. The van der Waals surface area contributed by atoms with Crippen LogP contribution in [0.4, 0.5) is 0 Å². The fraction of sp³-hybridized carbons (Fsp3) is 0.818. The molecule has 2 heterocycles. The third-order valence-electron chi connectivity index (χ3n) is 3.09. The van der Waals surface area contributed by atoms with Gasteiger partial charge < -0.3 is 14.1 Å². The van der Waals surface area contributed by atoms with Crippen molar-refractivity contribution in [3.8, 4) is 0 Å². The lowest BCUT2D eigenvalue weighted by atomic mass is 9.97. The highest BCUT2D eigenvalue weighted by Crippen LogP contribution is 2.26. The van der Waals surface area contributed by atoms with Gasteiger partial charge in [-0.2, -0.15) is 0 Å². The highest BCUT2D eigenvalue weighted by Gasteiger charge is 2.24. The van der Waals surface area contributed by atoms with E-state index in [1.807, 2.05) is 6.92 Å². The van der Waals surface area contributed by atoms with Gasteiger partial charge in [0, 0.05) is 26.5 Å². The van der Waals surface area contributed by atoms with Crippen LogP contribution in [0, 0.1) is 6.92 Å². The Morgan fingerprint density at radius 1 is 1.38 bits per heavy atom. The van der Waals surface area contributed by atoms with Crippen LogP contribution in [0.25, 0.3) is 0 Å². The summed E-state index contributed by atoms with van der Waals surface area (Å²) >= 11 is 0. The van der Waals surface area contributed by atoms with Crippen LogP contribution in [-0.2, 0) is 4.74 Å². The Bertz CT molecular complexity index is 319. The van der Waals surface area contributed by atoms with Crippen molar-refractivity contribution in [1.29, 1.82) is 0 Å². The molecule has 0 aromatic carbocycles. The summed E-state index contributed by atoms with van der Waals surface area (Å²) < 4.78 is 10.6. The van der Waals surface area contributed by atoms with Crippen molar-refractivity contribution in [2.45, 2.75) is 25.7 Å². The van der Waals surface area contributed by atoms with Gasteiger partial charge in [0.05, 0.1) is 6.61 Å². The molecule has 1 aromatic heterocycles. The number of hydrogen-bond acceptors (Lipinski definition) is 5. The van der Waals surface area contributed by atoms with E-state index < -0.39 is 0 Å².